The lowest BCUT2D eigenvalue weighted by atomic mass is 9.67. The summed E-state index contributed by atoms with van der Waals surface area (Å²) in [5.41, 5.74) is 6.06. The number of fused-ring (bicyclic) bond motifs is 2. The Bertz CT molecular complexity index is 246. The molecule has 2 unspecified atom stereocenters. The van der Waals surface area contributed by atoms with Crippen LogP contribution in [0.4, 0.5) is 0 Å². The van der Waals surface area contributed by atoms with Crippen LogP contribution in [0, 0.1) is 11.8 Å². The lowest BCUT2D eigenvalue weighted by Gasteiger charge is -2.45. The normalized spacial score (nSPS) is 35.9. The van der Waals surface area contributed by atoms with E-state index in [-0.39, 0.29) is 18.3 Å². The van der Waals surface area contributed by atoms with Gasteiger partial charge in [-0.15, -0.1) is 12.4 Å². The van der Waals surface area contributed by atoms with E-state index in [9.17, 15) is 4.79 Å². The molecule has 3 nitrogen and oxygen atoms in total. The second-order valence-corrected chi connectivity index (χ2v) is 5.53. The van der Waals surface area contributed by atoms with E-state index >= 15 is 0 Å². The van der Waals surface area contributed by atoms with Crippen molar-refractivity contribution in [2.45, 2.75) is 64.0 Å². The second kappa shape index (κ2) is 6.60. The highest BCUT2D eigenvalue weighted by Gasteiger charge is 2.39. The van der Waals surface area contributed by atoms with Crippen molar-refractivity contribution in [3.8, 4) is 0 Å². The summed E-state index contributed by atoms with van der Waals surface area (Å²) in [6, 6.07) is 0.794. The first kappa shape index (κ1) is 14.8. The van der Waals surface area contributed by atoms with Crippen molar-refractivity contribution < 1.29 is 4.79 Å². The molecule has 1 amide bonds. The Morgan fingerprint density at radius 1 is 1.29 bits per heavy atom. The van der Waals surface area contributed by atoms with E-state index in [0.717, 1.165) is 19.3 Å². The minimum atomic E-state index is 0. The molecule has 0 heterocycles. The van der Waals surface area contributed by atoms with Gasteiger partial charge < -0.3 is 11.1 Å². The van der Waals surface area contributed by atoms with Gasteiger partial charge >= 0.3 is 0 Å². The molecule has 2 bridgehead atoms. The minimum absolute atomic E-state index is 0. The average molecular weight is 261 g/mol. The van der Waals surface area contributed by atoms with Crippen LogP contribution in [0.3, 0.4) is 0 Å². The zero-order chi connectivity index (χ0) is 11.5. The maximum absolute atomic E-state index is 11.7. The number of nitrogens with one attached hydrogen (secondary N) is 1. The molecule has 2 fully saturated rings. The monoisotopic (exact) mass is 260 g/mol. The topological polar surface area (TPSA) is 55.1 Å². The first-order valence-electron chi connectivity index (χ1n) is 6.75. The number of hydrogen-bond acceptors (Lipinski definition) is 2. The molecule has 0 aliphatic heterocycles. The Hall–Kier alpha value is -0.280. The van der Waals surface area contributed by atoms with Gasteiger partial charge in [0.05, 0.1) is 0 Å². The number of carbonyl (C=O) groups excluding carboxylic acids is 1. The molecule has 17 heavy (non-hydrogen) atoms. The zero-order valence-corrected chi connectivity index (χ0v) is 11.5. The van der Waals surface area contributed by atoms with E-state index in [0.29, 0.717) is 30.3 Å². The Morgan fingerprint density at radius 2 is 1.88 bits per heavy atom. The van der Waals surface area contributed by atoms with Crippen LogP contribution in [0.25, 0.3) is 0 Å². The summed E-state index contributed by atoms with van der Waals surface area (Å²) in [6.07, 6.45) is 7.64. The van der Waals surface area contributed by atoms with E-state index in [4.69, 9.17) is 5.73 Å². The van der Waals surface area contributed by atoms with Crippen LogP contribution in [0.5, 0.6) is 0 Å². The molecule has 3 N–H and O–H groups in total. The smallest absolute Gasteiger partial charge is 0.220 e. The van der Waals surface area contributed by atoms with Crippen LogP contribution < -0.4 is 11.1 Å². The number of rotatable bonds is 3. The van der Waals surface area contributed by atoms with Gasteiger partial charge in [-0.05, 0) is 43.9 Å². The van der Waals surface area contributed by atoms with Crippen LogP contribution in [-0.2, 0) is 4.79 Å². The fourth-order valence-electron chi connectivity index (χ4n) is 3.51. The number of nitrogens with two attached hydrogens (primary N) is 1. The number of halogens is 1. The molecule has 2 rings (SSSR count). The van der Waals surface area contributed by atoms with E-state index in [2.05, 4.69) is 12.2 Å². The molecule has 0 aromatic rings. The Labute approximate surface area is 110 Å². The van der Waals surface area contributed by atoms with Gasteiger partial charge in [0, 0.05) is 18.5 Å². The minimum Gasteiger partial charge on any atom is -0.353 e. The molecule has 0 aromatic carbocycles. The third kappa shape index (κ3) is 3.59. The van der Waals surface area contributed by atoms with Crippen molar-refractivity contribution in [2.24, 2.45) is 17.6 Å². The lowest BCUT2D eigenvalue weighted by Crippen LogP contribution is -2.53. The summed E-state index contributed by atoms with van der Waals surface area (Å²) in [4.78, 5) is 11.7. The third-order valence-electron chi connectivity index (χ3n) is 4.18. The number of carbonyl (C=O) groups is 1. The zero-order valence-electron chi connectivity index (χ0n) is 10.7. The van der Waals surface area contributed by atoms with Gasteiger partial charge in [-0.25, -0.2) is 0 Å². The van der Waals surface area contributed by atoms with Crippen molar-refractivity contribution in [3.63, 3.8) is 0 Å². The Kier molecular flexibility index (Phi) is 5.74. The summed E-state index contributed by atoms with van der Waals surface area (Å²) in [5.74, 6) is 1.52. The van der Waals surface area contributed by atoms with E-state index in [1.54, 1.807) is 0 Å². The van der Waals surface area contributed by atoms with E-state index < -0.39 is 0 Å². The molecule has 2 saturated carbocycles. The largest absolute Gasteiger partial charge is 0.353 e. The summed E-state index contributed by atoms with van der Waals surface area (Å²) in [7, 11) is 0. The van der Waals surface area contributed by atoms with Crippen LogP contribution in [0.15, 0.2) is 0 Å². The molecule has 0 radical (unpaired) electrons. The number of amides is 1. The highest BCUT2D eigenvalue weighted by molar-refractivity contribution is 5.85. The fraction of sp³-hybridized carbons (Fsp3) is 0.923. The van der Waals surface area contributed by atoms with Gasteiger partial charge in [0.25, 0.3) is 0 Å². The highest BCUT2D eigenvalue weighted by Crippen LogP contribution is 2.39. The standard InChI is InChI=1S/C13H24N2O.ClH/c1-2-4-12(16)15-13-9-5-3-6-10(13)8-11(14)7-9;/h9-11,13H,2-8,14H2,1H3,(H,15,16);1H. The van der Waals surface area contributed by atoms with Gasteiger partial charge in [-0.2, -0.15) is 0 Å². The molecule has 2 aliphatic carbocycles. The SMILES string of the molecule is CCCC(=O)NC1C2CCCC1CC(N)C2.Cl. The first-order valence-corrected chi connectivity index (χ1v) is 6.75. The molecular formula is C13H25ClN2O. The lowest BCUT2D eigenvalue weighted by molar-refractivity contribution is -0.123. The van der Waals surface area contributed by atoms with Crippen molar-refractivity contribution in [2.75, 3.05) is 0 Å². The molecule has 100 valence electrons. The van der Waals surface area contributed by atoms with Gasteiger partial charge in [0.1, 0.15) is 0 Å². The summed E-state index contributed by atoms with van der Waals surface area (Å²) in [5, 5.41) is 3.25. The maximum Gasteiger partial charge on any atom is 0.220 e. The molecule has 0 spiro atoms. The summed E-state index contributed by atoms with van der Waals surface area (Å²) in [6.45, 7) is 2.05. The molecule has 2 atom stereocenters. The molecule has 2 aliphatic rings. The van der Waals surface area contributed by atoms with Crippen molar-refractivity contribution in [1.29, 1.82) is 0 Å². The van der Waals surface area contributed by atoms with Crippen LogP contribution in [-0.4, -0.2) is 18.0 Å². The van der Waals surface area contributed by atoms with E-state index in [1.807, 2.05) is 0 Å². The molecule has 0 aromatic heterocycles. The van der Waals surface area contributed by atoms with Crippen LogP contribution in [0.1, 0.15) is 51.9 Å². The van der Waals surface area contributed by atoms with Crippen molar-refractivity contribution in [1.82, 2.24) is 5.32 Å². The molecular weight excluding hydrogens is 236 g/mol. The molecule has 0 saturated heterocycles. The first-order chi connectivity index (χ1) is 7.70. The number of hydrogen-bond donors (Lipinski definition) is 2. The van der Waals surface area contributed by atoms with Crippen LogP contribution >= 0.6 is 12.4 Å². The fourth-order valence-corrected chi connectivity index (χ4v) is 3.51. The van der Waals surface area contributed by atoms with Crippen LogP contribution in [0.2, 0.25) is 0 Å². The van der Waals surface area contributed by atoms with Gasteiger partial charge in [-0.3, -0.25) is 4.79 Å². The predicted octanol–water partition coefficient (Wildman–Crippen LogP) is 2.23. The van der Waals surface area contributed by atoms with Gasteiger partial charge in [-0.1, -0.05) is 13.3 Å². The maximum atomic E-state index is 11.7. The Morgan fingerprint density at radius 3 is 2.41 bits per heavy atom. The van der Waals surface area contributed by atoms with Crippen molar-refractivity contribution >= 4 is 18.3 Å². The van der Waals surface area contributed by atoms with Crippen molar-refractivity contribution in [3.05, 3.63) is 0 Å². The Balaban J connectivity index is 0.00000144. The molecule has 4 heteroatoms. The third-order valence-corrected chi connectivity index (χ3v) is 4.18. The second-order valence-electron chi connectivity index (χ2n) is 5.53. The summed E-state index contributed by atoms with van der Waals surface area (Å²) >= 11 is 0. The predicted molar refractivity (Wildman–Crippen MR) is 72.1 cm³/mol. The highest BCUT2D eigenvalue weighted by atomic mass is 35.5. The summed E-state index contributed by atoms with van der Waals surface area (Å²) < 4.78 is 0. The average Bonchev–Trinajstić information content (AvgIpc) is 2.19. The van der Waals surface area contributed by atoms with E-state index in [1.165, 1.54) is 19.3 Å². The quantitative estimate of drug-likeness (QED) is 0.818. The van der Waals surface area contributed by atoms with Gasteiger partial charge in [0.15, 0.2) is 0 Å². The van der Waals surface area contributed by atoms with Gasteiger partial charge in [0.2, 0.25) is 5.91 Å².